The van der Waals surface area contributed by atoms with Gasteiger partial charge in [0.2, 0.25) is 11.8 Å². The highest BCUT2D eigenvalue weighted by atomic mass is 19.1. The Morgan fingerprint density at radius 3 is 2.66 bits per heavy atom. The molecule has 1 atom stereocenters. The maximum absolute atomic E-state index is 16.0. The molecule has 2 aromatic heterocycles. The monoisotopic (exact) mass is 528 g/mol. The summed E-state index contributed by atoms with van der Waals surface area (Å²) in [4.78, 5) is 47.9. The molecule has 2 aliphatic rings. The Morgan fingerprint density at radius 1 is 1.21 bits per heavy atom. The van der Waals surface area contributed by atoms with Gasteiger partial charge in [-0.2, -0.15) is 0 Å². The van der Waals surface area contributed by atoms with Crippen LogP contribution in [0.5, 0.6) is 5.88 Å². The number of likely N-dealkylation sites (tertiary alicyclic amines) is 1. The van der Waals surface area contributed by atoms with Crippen LogP contribution in [-0.2, 0) is 27.2 Å². The molecule has 0 aliphatic carbocycles. The Morgan fingerprint density at radius 2 is 2.00 bits per heavy atom. The fourth-order valence-corrected chi connectivity index (χ4v) is 5.07. The number of esters is 1. The van der Waals surface area contributed by atoms with Gasteiger partial charge in [-0.05, 0) is 49.8 Å². The van der Waals surface area contributed by atoms with E-state index in [0.717, 1.165) is 24.1 Å². The predicted molar refractivity (Wildman–Crippen MR) is 136 cm³/mol. The van der Waals surface area contributed by atoms with Gasteiger partial charge in [0, 0.05) is 36.8 Å². The second kappa shape index (κ2) is 11.7. The van der Waals surface area contributed by atoms with Crippen LogP contribution < -0.4 is 9.64 Å². The molecule has 10 nitrogen and oxygen atoms in total. The number of amides is 2. The SMILES string of the molecule is CCOC(=O)CC(c1ccc(OC)nc1)C1(F)CN(C(=O)CCCc2ccc3c(n2)N(C(=O)O)CCC3)C1. The number of aromatic nitrogens is 2. The minimum absolute atomic E-state index is 0.118. The van der Waals surface area contributed by atoms with E-state index >= 15 is 4.39 Å². The number of ether oxygens (including phenoxy) is 2. The minimum Gasteiger partial charge on any atom is -0.481 e. The molecule has 0 saturated carbocycles. The van der Waals surface area contributed by atoms with Crippen LogP contribution in [0.1, 0.15) is 55.3 Å². The molecular weight excluding hydrogens is 495 g/mol. The molecule has 1 fully saturated rings. The van der Waals surface area contributed by atoms with Crippen molar-refractivity contribution < 1.29 is 33.4 Å². The summed E-state index contributed by atoms with van der Waals surface area (Å²) in [5.74, 6) is -0.634. The van der Waals surface area contributed by atoms with Gasteiger partial charge < -0.3 is 19.5 Å². The molecule has 204 valence electrons. The molecule has 2 amide bonds. The number of hydrogen-bond acceptors (Lipinski definition) is 7. The summed E-state index contributed by atoms with van der Waals surface area (Å²) in [6, 6.07) is 7.06. The van der Waals surface area contributed by atoms with E-state index in [9.17, 15) is 19.5 Å². The molecule has 0 spiro atoms. The van der Waals surface area contributed by atoms with Gasteiger partial charge in [-0.1, -0.05) is 12.1 Å². The maximum atomic E-state index is 16.0. The van der Waals surface area contributed by atoms with Crippen LogP contribution >= 0.6 is 0 Å². The lowest BCUT2D eigenvalue weighted by atomic mass is 9.76. The van der Waals surface area contributed by atoms with E-state index in [2.05, 4.69) is 9.97 Å². The number of carbonyl (C=O) groups excluding carboxylic acids is 2. The first kappa shape index (κ1) is 27.3. The van der Waals surface area contributed by atoms with Gasteiger partial charge in [-0.3, -0.25) is 14.5 Å². The third-order valence-corrected chi connectivity index (χ3v) is 7.08. The van der Waals surface area contributed by atoms with Crippen LogP contribution in [0.25, 0.3) is 0 Å². The summed E-state index contributed by atoms with van der Waals surface area (Å²) in [7, 11) is 1.48. The topological polar surface area (TPSA) is 122 Å². The van der Waals surface area contributed by atoms with Crippen LogP contribution in [0.15, 0.2) is 30.5 Å². The molecule has 38 heavy (non-hydrogen) atoms. The summed E-state index contributed by atoms with van der Waals surface area (Å²) < 4.78 is 26.1. The molecule has 2 aromatic rings. The van der Waals surface area contributed by atoms with E-state index in [0.29, 0.717) is 36.6 Å². The van der Waals surface area contributed by atoms with Crippen molar-refractivity contribution in [1.29, 1.82) is 0 Å². The van der Waals surface area contributed by atoms with Crippen molar-refractivity contribution in [2.45, 2.75) is 57.0 Å². The first-order valence-corrected chi connectivity index (χ1v) is 12.9. The number of pyridine rings is 2. The van der Waals surface area contributed by atoms with Gasteiger partial charge in [0.05, 0.1) is 33.2 Å². The molecule has 1 saturated heterocycles. The maximum Gasteiger partial charge on any atom is 0.413 e. The number of carboxylic acid groups (broad SMARTS) is 1. The van der Waals surface area contributed by atoms with Crippen molar-refractivity contribution >= 4 is 23.8 Å². The minimum atomic E-state index is -1.78. The normalized spacial score (nSPS) is 16.7. The first-order valence-electron chi connectivity index (χ1n) is 12.9. The van der Waals surface area contributed by atoms with E-state index in [1.54, 1.807) is 19.1 Å². The molecular formula is C27H33FN4O6. The highest BCUT2D eigenvalue weighted by molar-refractivity contribution is 5.86. The Bertz CT molecular complexity index is 1170. The zero-order chi connectivity index (χ0) is 27.3. The number of alkyl halides is 1. The average molecular weight is 529 g/mol. The van der Waals surface area contributed by atoms with Gasteiger partial charge in [-0.15, -0.1) is 0 Å². The average Bonchev–Trinajstić information content (AvgIpc) is 2.89. The van der Waals surface area contributed by atoms with Gasteiger partial charge >= 0.3 is 12.1 Å². The zero-order valence-electron chi connectivity index (χ0n) is 21.7. The Labute approximate surface area is 220 Å². The number of methoxy groups -OCH3 is 1. The molecule has 4 rings (SSSR count). The van der Waals surface area contributed by atoms with E-state index in [1.165, 1.54) is 23.1 Å². The first-order chi connectivity index (χ1) is 18.2. The number of rotatable bonds is 10. The third-order valence-electron chi connectivity index (χ3n) is 7.08. The fraction of sp³-hybridized carbons (Fsp3) is 0.519. The van der Waals surface area contributed by atoms with Crippen LogP contribution in [0.4, 0.5) is 15.0 Å². The molecule has 0 bridgehead atoms. The Balaban J connectivity index is 1.34. The molecule has 0 aromatic carbocycles. The highest BCUT2D eigenvalue weighted by Gasteiger charge is 2.52. The summed E-state index contributed by atoms with van der Waals surface area (Å²) in [5.41, 5.74) is 0.388. The number of aryl methyl sites for hydroxylation is 2. The standard InChI is InChI=1S/C27H33FN4O6/c1-3-38-24(34)14-21(19-10-12-22(37-2)29-15-19)27(28)16-31(17-27)23(33)8-4-7-20-11-9-18-6-5-13-32(26(35)36)25(18)30-20/h9-12,15,21H,3-8,13-14,16-17H2,1-2H3,(H,35,36). The van der Waals surface area contributed by atoms with E-state index in [-0.39, 0.29) is 38.4 Å². The van der Waals surface area contributed by atoms with Crippen molar-refractivity contribution in [2.24, 2.45) is 0 Å². The molecule has 1 N–H and O–H groups in total. The van der Waals surface area contributed by atoms with Gasteiger partial charge in [0.25, 0.3) is 0 Å². The third kappa shape index (κ3) is 6.03. The summed E-state index contributed by atoms with van der Waals surface area (Å²) in [6.07, 6.45) is 3.08. The summed E-state index contributed by atoms with van der Waals surface area (Å²) >= 11 is 0. The van der Waals surface area contributed by atoms with Crippen LogP contribution in [0, 0.1) is 0 Å². The number of hydrogen-bond donors (Lipinski definition) is 1. The molecule has 4 heterocycles. The Hall–Kier alpha value is -3.76. The van der Waals surface area contributed by atoms with Gasteiger partial charge in [0.1, 0.15) is 5.82 Å². The molecule has 0 radical (unpaired) electrons. The van der Waals surface area contributed by atoms with Crippen LogP contribution in [-0.4, -0.2) is 77.0 Å². The van der Waals surface area contributed by atoms with Crippen LogP contribution in [0.2, 0.25) is 0 Å². The number of fused-ring (bicyclic) bond motifs is 1. The van der Waals surface area contributed by atoms with Crippen molar-refractivity contribution in [1.82, 2.24) is 14.9 Å². The van der Waals surface area contributed by atoms with Crippen molar-refractivity contribution in [3.8, 4) is 5.88 Å². The second-order valence-electron chi connectivity index (χ2n) is 9.66. The lowest BCUT2D eigenvalue weighted by molar-refractivity contribution is -0.152. The molecule has 11 heteroatoms. The lowest BCUT2D eigenvalue weighted by Crippen LogP contribution is -2.63. The quantitative estimate of drug-likeness (QED) is 0.465. The van der Waals surface area contributed by atoms with Crippen molar-refractivity contribution in [2.75, 3.05) is 38.3 Å². The number of halogens is 1. The van der Waals surface area contributed by atoms with Crippen molar-refractivity contribution in [3.05, 3.63) is 47.3 Å². The Kier molecular flexibility index (Phi) is 8.43. The van der Waals surface area contributed by atoms with E-state index in [1.807, 2.05) is 12.1 Å². The number of anilines is 1. The van der Waals surface area contributed by atoms with Crippen LogP contribution in [0.3, 0.4) is 0 Å². The van der Waals surface area contributed by atoms with E-state index in [4.69, 9.17) is 9.47 Å². The fourth-order valence-electron chi connectivity index (χ4n) is 5.07. The lowest BCUT2D eigenvalue weighted by Gasteiger charge is -2.48. The van der Waals surface area contributed by atoms with Gasteiger partial charge in [0.15, 0.2) is 5.67 Å². The largest absolute Gasteiger partial charge is 0.481 e. The zero-order valence-corrected chi connectivity index (χ0v) is 21.7. The summed E-state index contributed by atoms with van der Waals surface area (Å²) in [6.45, 7) is 2.07. The smallest absolute Gasteiger partial charge is 0.413 e. The molecule has 2 aliphatic heterocycles. The number of carbonyl (C=O) groups is 3. The second-order valence-corrected chi connectivity index (χ2v) is 9.66. The van der Waals surface area contributed by atoms with Gasteiger partial charge in [-0.25, -0.2) is 19.2 Å². The number of nitrogens with zero attached hydrogens (tertiary/aromatic N) is 4. The summed E-state index contributed by atoms with van der Waals surface area (Å²) in [5, 5.41) is 9.44. The van der Waals surface area contributed by atoms with E-state index < -0.39 is 23.6 Å². The highest BCUT2D eigenvalue weighted by Crippen LogP contribution is 2.42. The van der Waals surface area contributed by atoms with Crippen molar-refractivity contribution in [3.63, 3.8) is 0 Å². The molecule has 1 unspecified atom stereocenters. The predicted octanol–water partition coefficient (Wildman–Crippen LogP) is 3.53.